The van der Waals surface area contributed by atoms with Crippen molar-refractivity contribution in [3.8, 4) is 0 Å². The fraction of sp³-hybridized carbons (Fsp3) is 0.750. The van der Waals surface area contributed by atoms with Crippen molar-refractivity contribution < 1.29 is 0 Å². The summed E-state index contributed by atoms with van der Waals surface area (Å²) < 4.78 is 2.13. The molecule has 3 rings (SSSR count). The Morgan fingerprint density at radius 2 is 1.95 bits per heavy atom. The molecule has 6 nitrogen and oxygen atoms in total. The molecule has 1 aromatic rings. The number of anilines is 1. The van der Waals surface area contributed by atoms with Gasteiger partial charge in [0.2, 0.25) is 5.96 Å². The van der Waals surface area contributed by atoms with E-state index in [2.05, 4.69) is 40.7 Å². The van der Waals surface area contributed by atoms with Crippen LogP contribution in [0.3, 0.4) is 0 Å². The maximum Gasteiger partial charge on any atom is 0.200 e. The van der Waals surface area contributed by atoms with E-state index >= 15 is 0 Å². The van der Waals surface area contributed by atoms with E-state index in [1.807, 2.05) is 7.05 Å². The van der Waals surface area contributed by atoms with Crippen molar-refractivity contribution in [1.82, 2.24) is 14.5 Å². The summed E-state index contributed by atoms with van der Waals surface area (Å²) in [7, 11) is 5.89. The first kappa shape index (κ1) is 15.3. The molecule has 2 heterocycles. The van der Waals surface area contributed by atoms with E-state index in [9.17, 15) is 0 Å². The second-order valence-electron chi connectivity index (χ2n) is 6.92. The normalized spacial score (nSPS) is 27.6. The molecule has 1 fully saturated rings. The molecule has 122 valence electrons. The molecule has 22 heavy (non-hydrogen) atoms. The second kappa shape index (κ2) is 5.26. The zero-order chi connectivity index (χ0) is 16.1. The highest BCUT2D eigenvalue weighted by Crippen LogP contribution is 2.45. The first-order chi connectivity index (χ1) is 10.4. The number of nitrogens with one attached hydrogen (secondary N) is 1. The van der Waals surface area contributed by atoms with E-state index in [-0.39, 0.29) is 0 Å². The van der Waals surface area contributed by atoms with Gasteiger partial charge in [-0.3, -0.25) is 4.99 Å². The lowest BCUT2D eigenvalue weighted by atomic mass is 9.86. The highest BCUT2D eigenvalue weighted by atomic mass is 15.4. The number of fused-ring (bicyclic) bond motifs is 1. The van der Waals surface area contributed by atoms with Crippen molar-refractivity contribution in [2.45, 2.75) is 51.1 Å². The molecule has 0 radical (unpaired) electrons. The van der Waals surface area contributed by atoms with E-state index < -0.39 is 5.66 Å². The summed E-state index contributed by atoms with van der Waals surface area (Å²) in [5.74, 6) is 3.66. The first-order valence-electron chi connectivity index (χ1n) is 8.24. The first-order valence-corrected chi connectivity index (χ1v) is 8.24. The largest absolute Gasteiger partial charge is 0.322 e. The number of guanidine groups is 1. The number of nitrogens with two attached hydrogens (primary N) is 1. The monoisotopic (exact) mass is 304 g/mol. The van der Waals surface area contributed by atoms with Crippen LogP contribution in [-0.2, 0) is 12.7 Å². The van der Waals surface area contributed by atoms with Crippen LogP contribution in [0.25, 0.3) is 0 Å². The summed E-state index contributed by atoms with van der Waals surface area (Å²) in [6.45, 7) is 4.33. The van der Waals surface area contributed by atoms with Crippen LogP contribution in [0.15, 0.2) is 4.99 Å². The number of imidazole rings is 1. The molecule has 3 N–H and O–H groups in total. The number of aromatic nitrogens is 2. The van der Waals surface area contributed by atoms with Gasteiger partial charge < -0.3 is 20.5 Å². The lowest BCUT2D eigenvalue weighted by Crippen LogP contribution is -2.62. The maximum atomic E-state index is 7.00. The number of aliphatic imine (C=N–C) groups is 1. The van der Waals surface area contributed by atoms with Crippen LogP contribution in [0.1, 0.15) is 57.0 Å². The average Bonchev–Trinajstić information content (AvgIpc) is 3.11. The lowest BCUT2D eigenvalue weighted by molar-refractivity contribution is 0.115. The van der Waals surface area contributed by atoms with Crippen molar-refractivity contribution in [2.75, 3.05) is 19.4 Å². The summed E-state index contributed by atoms with van der Waals surface area (Å²) in [5.41, 5.74) is 7.40. The van der Waals surface area contributed by atoms with Gasteiger partial charge >= 0.3 is 0 Å². The number of rotatable bonds is 2. The van der Waals surface area contributed by atoms with Crippen molar-refractivity contribution in [1.29, 1.82) is 0 Å². The van der Waals surface area contributed by atoms with Gasteiger partial charge in [0.1, 0.15) is 23.0 Å². The van der Waals surface area contributed by atoms with E-state index in [0.717, 1.165) is 36.1 Å². The molecule has 1 aromatic heterocycles. The summed E-state index contributed by atoms with van der Waals surface area (Å²) in [5, 5.41) is 3.42. The molecule has 1 unspecified atom stereocenters. The van der Waals surface area contributed by atoms with Crippen LogP contribution in [0, 0.1) is 5.92 Å². The number of hydrogen-bond acceptors (Lipinski definition) is 3. The molecule has 0 spiro atoms. The summed E-state index contributed by atoms with van der Waals surface area (Å²) in [4.78, 5) is 11.4. The zero-order valence-corrected chi connectivity index (χ0v) is 14.3. The van der Waals surface area contributed by atoms with Gasteiger partial charge in [-0.05, 0) is 12.8 Å². The molecule has 0 bridgehead atoms. The van der Waals surface area contributed by atoms with Gasteiger partial charge in [0.25, 0.3) is 0 Å². The highest BCUT2D eigenvalue weighted by molar-refractivity contribution is 5.96. The Morgan fingerprint density at radius 3 is 2.50 bits per heavy atom. The third-order valence-electron chi connectivity index (χ3n) is 5.32. The minimum atomic E-state index is -0.573. The quantitative estimate of drug-likeness (QED) is 0.878. The number of hydrogen-bond donors (Lipinski definition) is 2. The van der Waals surface area contributed by atoms with Crippen molar-refractivity contribution >= 4 is 11.8 Å². The van der Waals surface area contributed by atoms with E-state index in [0.29, 0.717) is 11.8 Å². The smallest absolute Gasteiger partial charge is 0.200 e. The molecule has 1 saturated carbocycles. The lowest BCUT2D eigenvalue weighted by Gasteiger charge is -2.46. The van der Waals surface area contributed by atoms with Gasteiger partial charge in [-0.1, -0.05) is 26.7 Å². The van der Waals surface area contributed by atoms with Gasteiger partial charge in [0.05, 0.1) is 0 Å². The Labute approximate surface area is 132 Å². The molecule has 1 aliphatic heterocycles. The Balaban J connectivity index is 2.19. The maximum absolute atomic E-state index is 7.00. The van der Waals surface area contributed by atoms with Gasteiger partial charge in [0.15, 0.2) is 0 Å². The molecule has 1 atom stereocenters. The van der Waals surface area contributed by atoms with Gasteiger partial charge in [-0.15, -0.1) is 0 Å². The van der Waals surface area contributed by atoms with E-state index in [1.165, 1.54) is 12.8 Å². The zero-order valence-electron chi connectivity index (χ0n) is 14.3. The average molecular weight is 304 g/mol. The van der Waals surface area contributed by atoms with Crippen LogP contribution >= 0.6 is 0 Å². The minimum Gasteiger partial charge on any atom is -0.322 e. The third-order valence-corrected chi connectivity index (χ3v) is 5.32. The van der Waals surface area contributed by atoms with Gasteiger partial charge in [-0.2, -0.15) is 0 Å². The molecule has 2 aliphatic rings. The van der Waals surface area contributed by atoms with E-state index in [4.69, 9.17) is 10.7 Å². The summed E-state index contributed by atoms with van der Waals surface area (Å²) in [6.07, 6.45) is 4.82. The highest BCUT2D eigenvalue weighted by Gasteiger charge is 2.49. The van der Waals surface area contributed by atoms with Crippen LogP contribution in [0.2, 0.25) is 0 Å². The van der Waals surface area contributed by atoms with Gasteiger partial charge in [0, 0.05) is 33.0 Å². The minimum absolute atomic E-state index is 0.359. The molecular weight excluding hydrogens is 276 g/mol. The molecule has 6 heteroatoms. The van der Waals surface area contributed by atoms with Gasteiger partial charge in [-0.25, -0.2) is 4.98 Å². The molecule has 1 aliphatic carbocycles. The predicted molar refractivity (Wildman–Crippen MR) is 89.9 cm³/mol. The Hall–Kier alpha value is -1.56. The second-order valence-corrected chi connectivity index (χ2v) is 6.92. The predicted octanol–water partition coefficient (Wildman–Crippen LogP) is 2.19. The fourth-order valence-electron chi connectivity index (χ4n) is 4.02. The number of nitrogens with zero attached hydrogens (tertiary/aromatic N) is 4. The van der Waals surface area contributed by atoms with Crippen LogP contribution < -0.4 is 11.1 Å². The Kier molecular flexibility index (Phi) is 3.67. The Morgan fingerprint density at radius 1 is 1.32 bits per heavy atom. The van der Waals surface area contributed by atoms with Crippen molar-refractivity contribution in [3.05, 3.63) is 11.5 Å². The summed E-state index contributed by atoms with van der Waals surface area (Å²) in [6, 6.07) is 0. The molecular formula is C16H28N6. The van der Waals surface area contributed by atoms with Crippen LogP contribution in [0.4, 0.5) is 5.82 Å². The van der Waals surface area contributed by atoms with Crippen molar-refractivity contribution in [2.24, 2.45) is 23.7 Å². The molecule has 0 amide bonds. The Bertz CT molecular complexity index is 596. The SMILES string of the molecule is CN=C1Nc2c(nc(C(C)C)n2C)C(N)(C2CCCC2)N1C. The van der Waals surface area contributed by atoms with Crippen LogP contribution in [0.5, 0.6) is 0 Å². The van der Waals surface area contributed by atoms with Crippen molar-refractivity contribution in [3.63, 3.8) is 0 Å². The molecule has 0 aromatic carbocycles. The summed E-state index contributed by atoms with van der Waals surface area (Å²) >= 11 is 0. The standard InChI is InChI=1S/C16H28N6/c1-10(2)13-19-12-14(21(13)4)20-15(18-3)22(5)16(12,17)11-8-6-7-9-11/h10-11H,6-9,17H2,1-5H3,(H,18,20). The molecule has 0 saturated heterocycles. The van der Waals surface area contributed by atoms with E-state index in [1.54, 1.807) is 7.05 Å². The third kappa shape index (κ3) is 1.96. The topological polar surface area (TPSA) is 71.5 Å². The fourth-order valence-corrected chi connectivity index (χ4v) is 4.02. The van der Waals surface area contributed by atoms with Crippen LogP contribution in [-0.4, -0.2) is 34.5 Å².